The van der Waals surface area contributed by atoms with Gasteiger partial charge in [0.05, 0.1) is 26.4 Å². The van der Waals surface area contributed by atoms with Crippen LogP contribution in [-0.2, 0) is 11.3 Å². The summed E-state index contributed by atoms with van der Waals surface area (Å²) in [5.41, 5.74) is 1.24. The highest BCUT2D eigenvalue weighted by Gasteiger charge is 2.20. The third kappa shape index (κ3) is 2.67. The van der Waals surface area contributed by atoms with Gasteiger partial charge in [0.25, 0.3) is 0 Å². The summed E-state index contributed by atoms with van der Waals surface area (Å²) in [6, 6.07) is 8.34. The lowest BCUT2D eigenvalue weighted by Gasteiger charge is -2.32. The highest BCUT2D eigenvalue weighted by Crippen LogP contribution is 2.22. The van der Waals surface area contributed by atoms with Crippen molar-refractivity contribution in [1.82, 2.24) is 9.47 Å². The van der Waals surface area contributed by atoms with Crippen molar-refractivity contribution in [1.29, 1.82) is 0 Å². The van der Waals surface area contributed by atoms with Crippen molar-refractivity contribution in [3.05, 3.63) is 30.5 Å². The van der Waals surface area contributed by atoms with Gasteiger partial charge >= 0.3 is 0 Å². The molecule has 0 saturated carbocycles. The Labute approximate surface area is 119 Å². The third-order valence-corrected chi connectivity index (χ3v) is 4.05. The molecule has 0 spiro atoms. The molecule has 2 heterocycles. The van der Waals surface area contributed by atoms with E-state index in [2.05, 4.69) is 40.8 Å². The summed E-state index contributed by atoms with van der Waals surface area (Å²) < 4.78 is 13.4. The summed E-state index contributed by atoms with van der Waals surface area (Å²) in [6.45, 7) is 7.13. The zero-order chi connectivity index (χ0) is 13.9. The van der Waals surface area contributed by atoms with E-state index in [0.29, 0.717) is 0 Å². The van der Waals surface area contributed by atoms with Gasteiger partial charge in [-0.1, -0.05) is 6.92 Å². The van der Waals surface area contributed by atoms with Crippen LogP contribution in [0, 0.1) is 0 Å². The first-order chi connectivity index (χ1) is 9.80. The van der Waals surface area contributed by atoms with Crippen LogP contribution in [0.15, 0.2) is 30.5 Å². The number of benzene rings is 1. The van der Waals surface area contributed by atoms with Crippen molar-refractivity contribution in [3.8, 4) is 5.75 Å². The number of nitrogens with zero attached hydrogens (tertiary/aromatic N) is 2. The van der Waals surface area contributed by atoms with Gasteiger partial charge in [-0.25, -0.2) is 0 Å². The Kier molecular flexibility index (Phi) is 3.94. The molecule has 3 rings (SSSR count). The highest BCUT2D eigenvalue weighted by molar-refractivity contribution is 5.81. The average molecular weight is 274 g/mol. The summed E-state index contributed by atoms with van der Waals surface area (Å²) in [6.07, 6.45) is 2.42. The van der Waals surface area contributed by atoms with Crippen molar-refractivity contribution in [3.63, 3.8) is 0 Å². The molecule has 2 aromatic rings. The maximum atomic E-state index is 5.89. The summed E-state index contributed by atoms with van der Waals surface area (Å²) >= 11 is 0. The summed E-state index contributed by atoms with van der Waals surface area (Å²) in [7, 11) is 1.70. The predicted octanol–water partition coefficient (Wildman–Crippen LogP) is 2.37. The number of ether oxygens (including phenoxy) is 2. The van der Waals surface area contributed by atoms with E-state index in [1.54, 1.807) is 7.11 Å². The van der Waals surface area contributed by atoms with E-state index < -0.39 is 0 Å². The molecule has 0 amide bonds. The molecule has 108 valence electrons. The number of hydrogen-bond acceptors (Lipinski definition) is 3. The van der Waals surface area contributed by atoms with Gasteiger partial charge in [-0.3, -0.25) is 4.90 Å². The van der Waals surface area contributed by atoms with E-state index in [-0.39, 0.29) is 6.10 Å². The molecule has 20 heavy (non-hydrogen) atoms. The lowest BCUT2D eigenvalue weighted by Crippen LogP contribution is -2.43. The van der Waals surface area contributed by atoms with E-state index in [1.165, 1.54) is 10.9 Å². The molecular weight excluding hydrogens is 252 g/mol. The molecule has 1 saturated heterocycles. The maximum Gasteiger partial charge on any atom is 0.119 e. The van der Waals surface area contributed by atoms with Crippen LogP contribution in [0.25, 0.3) is 10.9 Å². The molecule has 4 nitrogen and oxygen atoms in total. The van der Waals surface area contributed by atoms with Crippen molar-refractivity contribution in [2.24, 2.45) is 0 Å². The predicted molar refractivity (Wildman–Crippen MR) is 80.3 cm³/mol. The Hall–Kier alpha value is -1.52. The van der Waals surface area contributed by atoms with Crippen LogP contribution in [0.5, 0.6) is 5.75 Å². The van der Waals surface area contributed by atoms with Crippen molar-refractivity contribution < 1.29 is 9.47 Å². The first-order valence-electron chi connectivity index (χ1n) is 7.27. The third-order valence-electron chi connectivity index (χ3n) is 4.05. The lowest BCUT2D eigenvalue weighted by atomic mass is 10.2. The van der Waals surface area contributed by atoms with Crippen LogP contribution in [0.4, 0.5) is 0 Å². The van der Waals surface area contributed by atoms with Gasteiger partial charge in [-0.05, 0) is 30.8 Å². The lowest BCUT2D eigenvalue weighted by molar-refractivity contribution is -0.0337. The van der Waals surface area contributed by atoms with E-state index in [9.17, 15) is 0 Å². The number of hydrogen-bond donors (Lipinski definition) is 0. The van der Waals surface area contributed by atoms with Crippen LogP contribution in [0.3, 0.4) is 0 Å². The van der Waals surface area contributed by atoms with Crippen molar-refractivity contribution in [2.75, 3.05) is 33.4 Å². The second kappa shape index (κ2) is 5.85. The number of morpholine rings is 1. The number of fused-ring (bicyclic) bond motifs is 1. The Morgan fingerprint density at radius 1 is 1.35 bits per heavy atom. The molecule has 1 unspecified atom stereocenters. The summed E-state index contributed by atoms with van der Waals surface area (Å²) in [4.78, 5) is 2.45. The Morgan fingerprint density at radius 3 is 3.05 bits per heavy atom. The average Bonchev–Trinajstić information content (AvgIpc) is 2.89. The first kappa shape index (κ1) is 13.5. The standard InChI is InChI=1S/C16H22N2O2/c1-3-17-8-9-20-15(11-17)12-18-7-6-13-10-14(19-2)4-5-16(13)18/h4-7,10,15H,3,8-9,11-12H2,1-2H3. The van der Waals surface area contributed by atoms with Crippen LogP contribution in [-0.4, -0.2) is 48.9 Å². The zero-order valence-corrected chi connectivity index (χ0v) is 12.2. The van der Waals surface area contributed by atoms with Crippen LogP contribution < -0.4 is 4.74 Å². The van der Waals surface area contributed by atoms with Gasteiger partial charge in [0.15, 0.2) is 0 Å². The van der Waals surface area contributed by atoms with Gasteiger partial charge < -0.3 is 14.0 Å². The molecule has 0 radical (unpaired) electrons. The number of methoxy groups -OCH3 is 1. The molecule has 1 atom stereocenters. The van der Waals surface area contributed by atoms with Gasteiger partial charge in [0.2, 0.25) is 0 Å². The number of rotatable bonds is 4. The van der Waals surface area contributed by atoms with Gasteiger partial charge in [-0.2, -0.15) is 0 Å². The summed E-state index contributed by atoms with van der Waals surface area (Å²) in [5, 5.41) is 1.22. The largest absolute Gasteiger partial charge is 0.497 e. The van der Waals surface area contributed by atoms with Gasteiger partial charge in [0, 0.05) is 30.2 Å². The molecule has 1 aliphatic heterocycles. The Morgan fingerprint density at radius 2 is 2.25 bits per heavy atom. The normalized spacial score (nSPS) is 20.4. The molecule has 0 aliphatic carbocycles. The van der Waals surface area contributed by atoms with Gasteiger partial charge in [-0.15, -0.1) is 0 Å². The number of aromatic nitrogens is 1. The van der Waals surface area contributed by atoms with Crippen molar-refractivity contribution >= 4 is 10.9 Å². The highest BCUT2D eigenvalue weighted by atomic mass is 16.5. The fourth-order valence-corrected chi connectivity index (χ4v) is 2.86. The topological polar surface area (TPSA) is 26.6 Å². The second-order valence-corrected chi connectivity index (χ2v) is 5.28. The molecule has 0 N–H and O–H groups in total. The van der Waals surface area contributed by atoms with Gasteiger partial charge in [0.1, 0.15) is 5.75 Å². The van der Waals surface area contributed by atoms with Crippen LogP contribution >= 0.6 is 0 Å². The van der Waals surface area contributed by atoms with E-state index >= 15 is 0 Å². The Bertz CT molecular complexity index is 579. The minimum absolute atomic E-state index is 0.279. The molecule has 1 aromatic heterocycles. The fourth-order valence-electron chi connectivity index (χ4n) is 2.86. The minimum atomic E-state index is 0.279. The summed E-state index contributed by atoms with van der Waals surface area (Å²) in [5.74, 6) is 0.904. The fraction of sp³-hybridized carbons (Fsp3) is 0.500. The second-order valence-electron chi connectivity index (χ2n) is 5.28. The van der Waals surface area contributed by atoms with Crippen molar-refractivity contribution in [2.45, 2.75) is 19.6 Å². The van der Waals surface area contributed by atoms with E-state index in [0.717, 1.165) is 38.5 Å². The molecule has 4 heteroatoms. The smallest absolute Gasteiger partial charge is 0.119 e. The molecular formula is C16H22N2O2. The molecule has 1 aliphatic rings. The minimum Gasteiger partial charge on any atom is -0.497 e. The quantitative estimate of drug-likeness (QED) is 0.856. The van der Waals surface area contributed by atoms with E-state index in [4.69, 9.17) is 9.47 Å². The van der Waals surface area contributed by atoms with Crippen LogP contribution in [0.1, 0.15) is 6.92 Å². The Balaban J connectivity index is 1.77. The van der Waals surface area contributed by atoms with E-state index in [1.807, 2.05) is 6.07 Å². The molecule has 1 aromatic carbocycles. The maximum absolute atomic E-state index is 5.89. The number of likely N-dealkylation sites (N-methyl/N-ethyl adjacent to an activating group) is 1. The molecule has 0 bridgehead atoms. The monoisotopic (exact) mass is 274 g/mol. The first-order valence-corrected chi connectivity index (χ1v) is 7.27. The SMILES string of the molecule is CCN1CCOC(Cn2ccc3cc(OC)ccc32)C1. The zero-order valence-electron chi connectivity index (χ0n) is 12.2. The van der Waals surface area contributed by atoms with Crippen LogP contribution in [0.2, 0.25) is 0 Å². The molecule has 1 fully saturated rings.